The highest BCUT2D eigenvalue weighted by Crippen LogP contribution is 2.19. The van der Waals surface area contributed by atoms with Crippen molar-refractivity contribution in [3.05, 3.63) is 65.0 Å². The van der Waals surface area contributed by atoms with Gasteiger partial charge in [0, 0.05) is 18.2 Å². The summed E-state index contributed by atoms with van der Waals surface area (Å²) in [5.41, 5.74) is 0.798. The Morgan fingerprint density at radius 3 is 2.55 bits per heavy atom. The van der Waals surface area contributed by atoms with Crippen LogP contribution in [0.5, 0.6) is 5.75 Å². The predicted molar refractivity (Wildman–Crippen MR) is 69.9 cm³/mol. The Kier molecular flexibility index (Phi) is 4.63. The van der Waals surface area contributed by atoms with Gasteiger partial charge >= 0.3 is 0 Å². The van der Waals surface area contributed by atoms with Crippen LogP contribution in [0.1, 0.15) is 11.1 Å². The van der Waals surface area contributed by atoms with E-state index < -0.39 is 17.5 Å². The Bertz CT molecular complexity index is 602. The minimum absolute atomic E-state index is 0.0874. The van der Waals surface area contributed by atoms with Crippen molar-refractivity contribution in [2.24, 2.45) is 0 Å². The number of benzene rings is 2. The molecule has 0 atom stereocenters. The smallest absolute Gasteiger partial charge is 0.130 e. The summed E-state index contributed by atoms with van der Waals surface area (Å²) < 4.78 is 45.1. The predicted octanol–water partition coefficient (Wildman–Crippen LogP) is 3.40. The van der Waals surface area contributed by atoms with Crippen LogP contribution in [0.15, 0.2) is 36.4 Å². The van der Waals surface area contributed by atoms with Gasteiger partial charge in [-0.25, -0.2) is 13.2 Å². The molecule has 0 spiro atoms. The number of halogens is 3. The quantitative estimate of drug-likeness (QED) is 0.907. The van der Waals surface area contributed by atoms with Gasteiger partial charge in [0.2, 0.25) is 0 Å². The third-order valence-corrected chi connectivity index (χ3v) is 2.71. The number of ether oxygens (including phenoxy) is 1. The van der Waals surface area contributed by atoms with Crippen molar-refractivity contribution >= 4 is 0 Å². The molecule has 2 rings (SSSR count). The third kappa shape index (κ3) is 3.74. The second kappa shape index (κ2) is 6.43. The maximum atomic E-state index is 13.4. The van der Waals surface area contributed by atoms with Crippen LogP contribution in [0.25, 0.3) is 0 Å². The molecule has 20 heavy (non-hydrogen) atoms. The Morgan fingerprint density at radius 2 is 1.80 bits per heavy atom. The van der Waals surface area contributed by atoms with Crippen molar-refractivity contribution in [2.75, 3.05) is 7.05 Å². The molecule has 0 unspecified atom stereocenters. The normalized spacial score (nSPS) is 10.6. The molecule has 2 aromatic carbocycles. The lowest BCUT2D eigenvalue weighted by Gasteiger charge is -2.09. The first kappa shape index (κ1) is 14.4. The standard InChI is InChI=1S/C15H14F3NO/c1-19-8-10-4-13(17)7-14(5-10)20-9-11-6-12(16)2-3-15(11)18/h2-7,19H,8-9H2,1H3. The minimum atomic E-state index is -0.557. The average molecular weight is 281 g/mol. The summed E-state index contributed by atoms with van der Waals surface area (Å²) in [5.74, 6) is -1.26. The van der Waals surface area contributed by atoms with Crippen molar-refractivity contribution < 1.29 is 17.9 Å². The average Bonchev–Trinajstić information content (AvgIpc) is 2.40. The molecule has 0 saturated heterocycles. The van der Waals surface area contributed by atoms with E-state index in [-0.39, 0.29) is 17.9 Å². The molecule has 0 radical (unpaired) electrons. The van der Waals surface area contributed by atoms with Gasteiger partial charge in [-0.2, -0.15) is 0 Å². The monoisotopic (exact) mass is 281 g/mol. The van der Waals surface area contributed by atoms with Crippen molar-refractivity contribution in [1.29, 1.82) is 0 Å². The molecule has 0 bridgehead atoms. The zero-order chi connectivity index (χ0) is 14.5. The van der Waals surface area contributed by atoms with Crippen molar-refractivity contribution in [3.63, 3.8) is 0 Å². The van der Waals surface area contributed by atoms with Crippen LogP contribution < -0.4 is 10.1 Å². The van der Waals surface area contributed by atoms with Crippen molar-refractivity contribution in [1.82, 2.24) is 5.32 Å². The highest BCUT2D eigenvalue weighted by molar-refractivity contribution is 5.30. The fourth-order valence-electron chi connectivity index (χ4n) is 1.83. The Morgan fingerprint density at radius 1 is 1.00 bits per heavy atom. The van der Waals surface area contributed by atoms with Crippen LogP contribution >= 0.6 is 0 Å². The lowest BCUT2D eigenvalue weighted by Crippen LogP contribution is -2.06. The Labute approximate surface area is 115 Å². The summed E-state index contributed by atoms with van der Waals surface area (Å²) in [6.07, 6.45) is 0. The van der Waals surface area contributed by atoms with E-state index in [0.717, 1.165) is 18.2 Å². The third-order valence-electron chi connectivity index (χ3n) is 2.71. The lowest BCUT2D eigenvalue weighted by molar-refractivity contribution is 0.297. The Balaban J connectivity index is 2.12. The van der Waals surface area contributed by atoms with Gasteiger partial charge in [0.1, 0.15) is 29.8 Å². The van der Waals surface area contributed by atoms with E-state index in [4.69, 9.17) is 4.74 Å². The molecule has 0 fully saturated rings. The van der Waals surface area contributed by atoms with Crippen LogP contribution in [-0.2, 0) is 13.2 Å². The van der Waals surface area contributed by atoms with Crippen LogP contribution in [0, 0.1) is 17.5 Å². The molecule has 2 nitrogen and oxygen atoms in total. The van der Waals surface area contributed by atoms with Gasteiger partial charge in [0.05, 0.1) is 0 Å². The second-order valence-corrected chi connectivity index (χ2v) is 4.35. The first-order chi connectivity index (χ1) is 9.58. The first-order valence-corrected chi connectivity index (χ1v) is 6.09. The summed E-state index contributed by atoms with van der Waals surface area (Å²) in [4.78, 5) is 0. The summed E-state index contributed by atoms with van der Waals surface area (Å²) in [6.45, 7) is 0.328. The molecular weight excluding hydrogens is 267 g/mol. The molecular formula is C15H14F3NO. The minimum Gasteiger partial charge on any atom is -0.489 e. The molecule has 0 aliphatic rings. The van der Waals surface area contributed by atoms with E-state index in [0.29, 0.717) is 12.1 Å². The van der Waals surface area contributed by atoms with E-state index in [2.05, 4.69) is 5.32 Å². The Hall–Kier alpha value is -2.01. The molecule has 0 amide bonds. The number of rotatable bonds is 5. The number of hydrogen-bond acceptors (Lipinski definition) is 2. The van der Waals surface area contributed by atoms with Crippen LogP contribution in [0.3, 0.4) is 0 Å². The number of nitrogens with one attached hydrogen (secondary N) is 1. The van der Waals surface area contributed by atoms with Gasteiger partial charge < -0.3 is 10.1 Å². The molecule has 0 saturated carbocycles. The van der Waals surface area contributed by atoms with E-state index in [1.807, 2.05) is 0 Å². The van der Waals surface area contributed by atoms with Crippen LogP contribution in [0.2, 0.25) is 0 Å². The zero-order valence-electron chi connectivity index (χ0n) is 10.9. The highest BCUT2D eigenvalue weighted by atomic mass is 19.1. The van der Waals surface area contributed by atoms with Crippen molar-refractivity contribution in [2.45, 2.75) is 13.2 Å². The van der Waals surface area contributed by atoms with Crippen molar-refractivity contribution in [3.8, 4) is 5.75 Å². The SMILES string of the molecule is CNCc1cc(F)cc(OCc2cc(F)ccc2F)c1. The van der Waals surface area contributed by atoms with Crippen LogP contribution in [0.4, 0.5) is 13.2 Å². The van der Waals surface area contributed by atoms with Gasteiger partial charge in [-0.05, 0) is 42.9 Å². The maximum absolute atomic E-state index is 13.4. The summed E-state index contributed by atoms with van der Waals surface area (Å²) in [6, 6.07) is 7.36. The summed E-state index contributed by atoms with van der Waals surface area (Å²) >= 11 is 0. The van der Waals surface area contributed by atoms with E-state index in [9.17, 15) is 13.2 Å². The van der Waals surface area contributed by atoms with Gasteiger partial charge in [-0.15, -0.1) is 0 Å². The van der Waals surface area contributed by atoms with Gasteiger partial charge in [-0.3, -0.25) is 0 Å². The van der Waals surface area contributed by atoms with Gasteiger partial charge in [0.25, 0.3) is 0 Å². The molecule has 0 aromatic heterocycles. The fourth-order valence-corrected chi connectivity index (χ4v) is 1.83. The molecule has 1 N–H and O–H groups in total. The van der Waals surface area contributed by atoms with E-state index in [1.165, 1.54) is 12.1 Å². The molecule has 2 aromatic rings. The van der Waals surface area contributed by atoms with Gasteiger partial charge in [-0.1, -0.05) is 0 Å². The molecule has 0 aliphatic heterocycles. The van der Waals surface area contributed by atoms with Gasteiger partial charge in [0.15, 0.2) is 0 Å². The maximum Gasteiger partial charge on any atom is 0.130 e. The molecule has 5 heteroatoms. The molecule has 0 aliphatic carbocycles. The summed E-state index contributed by atoms with van der Waals surface area (Å²) in [5, 5.41) is 2.90. The zero-order valence-corrected chi connectivity index (χ0v) is 10.9. The number of hydrogen-bond donors (Lipinski definition) is 1. The largest absolute Gasteiger partial charge is 0.489 e. The van der Waals surface area contributed by atoms with E-state index in [1.54, 1.807) is 13.1 Å². The highest BCUT2D eigenvalue weighted by Gasteiger charge is 2.06. The topological polar surface area (TPSA) is 21.3 Å². The molecule has 106 valence electrons. The lowest BCUT2D eigenvalue weighted by atomic mass is 10.2. The second-order valence-electron chi connectivity index (χ2n) is 4.35. The molecule has 0 heterocycles. The van der Waals surface area contributed by atoms with E-state index >= 15 is 0 Å². The van der Waals surface area contributed by atoms with Crippen LogP contribution in [-0.4, -0.2) is 7.05 Å². The first-order valence-electron chi connectivity index (χ1n) is 6.09. The fraction of sp³-hybridized carbons (Fsp3) is 0.200. The summed E-state index contributed by atoms with van der Waals surface area (Å²) in [7, 11) is 1.74.